The van der Waals surface area contributed by atoms with Crippen molar-refractivity contribution in [2.75, 3.05) is 12.4 Å². The van der Waals surface area contributed by atoms with E-state index in [9.17, 15) is 23.4 Å². The van der Waals surface area contributed by atoms with Gasteiger partial charge in [0, 0.05) is 4.90 Å². The first-order chi connectivity index (χ1) is 25.4. The molecule has 6 atom stereocenters. The van der Waals surface area contributed by atoms with Gasteiger partial charge in [-0.2, -0.15) is 0 Å². The van der Waals surface area contributed by atoms with E-state index in [0.717, 1.165) is 0 Å². The lowest BCUT2D eigenvalue weighted by molar-refractivity contribution is -0.223. The summed E-state index contributed by atoms with van der Waals surface area (Å²) in [6.45, 7) is -0.465. The molecule has 5 aromatic rings. The standard InChI is InChI=1S/C41H34O10S/c42-38(28-16-6-1-7-17-28)47-26-33-35(49-39(43)29-18-8-2-9-19-29)37(51-41(45)31-22-12-4-13-23-31)36(50-40(44)30-20-10-3-11-21-30)34(48-33)27-52(46)32-24-14-5-15-25-32/h1-25,33-37H,26-27H2/t33-,34+,35-,36+,37+,52?/m1/s1. The Balaban J connectivity index is 1.41. The first-order valence-electron chi connectivity index (χ1n) is 16.5. The van der Waals surface area contributed by atoms with Crippen LogP contribution in [0.25, 0.3) is 0 Å². The van der Waals surface area contributed by atoms with Crippen molar-refractivity contribution in [3.8, 4) is 0 Å². The lowest BCUT2D eigenvalue weighted by Crippen LogP contribution is -2.63. The lowest BCUT2D eigenvalue weighted by atomic mass is 9.94. The fraction of sp³-hybridized carbons (Fsp3) is 0.171. The number of benzene rings is 5. The van der Waals surface area contributed by atoms with Crippen molar-refractivity contribution in [1.82, 2.24) is 0 Å². The summed E-state index contributed by atoms with van der Waals surface area (Å²) in [5.41, 5.74) is 0.808. The van der Waals surface area contributed by atoms with E-state index in [1.54, 1.807) is 152 Å². The minimum atomic E-state index is -1.71. The van der Waals surface area contributed by atoms with Crippen LogP contribution in [0.1, 0.15) is 41.4 Å². The second-order valence-corrected chi connectivity index (χ2v) is 13.2. The summed E-state index contributed by atoms with van der Waals surface area (Å²) >= 11 is 0. The maximum absolute atomic E-state index is 13.8. The highest BCUT2D eigenvalue weighted by Crippen LogP contribution is 2.32. The highest BCUT2D eigenvalue weighted by molar-refractivity contribution is 7.85. The van der Waals surface area contributed by atoms with Crippen LogP contribution in [-0.2, 0) is 34.5 Å². The van der Waals surface area contributed by atoms with Gasteiger partial charge in [0.15, 0.2) is 18.3 Å². The average Bonchev–Trinajstić information content (AvgIpc) is 3.20. The fourth-order valence-electron chi connectivity index (χ4n) is 5.61. The minimum absolute atomic E-state index is 0.173. The molecule has 0 aliphatic carbocycles. The predicted molar refractivity (Wildman–Crippen MR) is 190 cm³/mol. The molecule has 0 saturated carbocycles. The third-order valence-corrected chi connectivity index (χ3v) is 9.63. The molecule has 1 aliphatic rings. The van der Waals surface area contributed by atoms with E-state index in [-0.39, 0.29) is 28.0 Å². The van der Waals surface area contributed by atoms with E-state index in [2.05, 4.69) is 0 Å². The molecule has 5 aromatic carbocycles. The van der Waals surface area contributed by atoms with Gasteiger partial charge in [-0.05, 0) is 60.7 Å². The molecule has 1 heterocycles. The van der Waals surface area contributed by atoms with Crippen LogP contribution in [0.3, 0.4) is 0 Å². The maximum atomic E-state index is 13.8. The van der Waals surface area contributed by atoms with Crippen LogP contribution < -0.4 is 0 Å². The van der Waals surface area contributed by atoms with Crippen LogP contribution in [0, 0.1) is 0 Å². The second kappa shape index (κ2) is 17.3. The van der Waals surface area contributed by atoms with Crippen molar-refractivity contribution >= 4 is 34.7 Å². The Morgan fingerprint density at radius 3 is 1.23 bits per heavy atom. The predicted octanol–water partition coefficient (Wildman–Crippen LogP) is 6.10. The first-order valence-corrected chi connectivity index (χ1v) is 17.8. The van der Waals surface area contributed by atoms with Gasteiger partial charge in [-0.15, -0.1) is 0 Å². The molecule has 1 saturated heterocycles. The Hall–Kier alpha value is -5.91. The Kier molecular flexibility index (Phi) is 12.0. The van der Waals surface area contributed by atoms with Gasteiger partial charge in [0.2, 0.25) is 0 Å². The van der Waals surface area contributed by atoms with E-state index in [1.165, 1.54) is 0 Å². The molecule has 1 unspecified atom stereocenters. The number of esters is 4. The third kappa shape index (κ3) is 9.05. The zero-order valence-electron chi connectivity index (χ0n) is 27.7. The van der Waals surface area contributed by atoms with Crippen molar-refractivity contribution in [2.45, 2.75) is 35.4 Å². The number of carbonyl (C=O) groups is 4. The van der Waals surface area contributed by atoms with Crippen molar-refractivity contribution in [1.29, 1.82) is 0 Å². The molecule has 1 aliphatic heterocycles. The first kappa shape index (κ1) is 35.9. The highest BCUT2D eigenvalue weighted by atomic mass is 32.2. The third-order valence-electron chi connectivity index (χ3n) is 8.20. The van der Waals surface area contributed by atoms with Crippen molar-refractivity contribution < 1.29 is 47.1 Å². The van der Waals surface area contributed by atoms with Crippen molar-refractivity contribution in [3.05, 3.63) is 174 Å². The zero-order valence-corrected chi connectivity index (χ0v) is 28.5. The SMILES string of the molecule is O=C(OC[C@H]1O[C@@H](CS(=O)c2ccccc2)[C@H](OC(=O)c2ccccc2)[C@@H](OC(=O)c2ccccc2)[C@@H]1OC(=O)c1ccccc1)c1ccccc1. The highest BCUT2D eigenvalue weighted by Gasteiger charge is 2.53. The summed E-state index contributed by atoms with van der Waals surface area (Å²) in [5.74, 6) is -3.30. The van der Waals surface area contributed by atoms with Gasteiger partial charge in [0.25, 0.3) is 0 Å². The number of hydrogen-bond donors (Lipinski definition) is 0. The molecule has 0 bridgehead atoms. The summed E-state index contributed by atoms with van der Waals surface area (Å²) < 4.78 is 44.1. The van der Waals surface area contributed by atoms with Gasteiger partial charge >= 0.3 is 23.9 Å². The van der Waals surface area contributed by atoms with E-state index in [4.69, 9.17) is 23.7 Å². The van der Waals surface area contributed by atoms with Crippen molar-refractivity contribution in [2.24, 2.45) is 0 Å². The van der Waals surface area contributed by atoms with E-state index in [0.29, 0.717) is 4.90 Å². The summed E-state index contributed by atoms with van der Waals surface area (Å²) in [5, 5.41) is 0. The number of hydrogen-bond acceptors (Lipinski definition) is 10. The molecule has 0 aromatic heterocycles. The summed E-state index contributed by atoms with van der Waals surface area (Å²) in [6.07, 6.45) is -6.89. The molecule has 0 radical (unpaired) electrons. The number of carbonyl (C=O) groups excluding carboxylic acids is 4. The molecule has 11 heteroatoms. The molecule has 0 spiro atoms. The molecule has 1 fully saturated rings. The topological polar surface area (TPSA) is 132 Å². The van der Waals surface area contributed by atoms with Gasteiger partial charge < -0.3 is 23.7 Å². The Morgan fingerprint density at radius 1 is 0.462 bits per heavy atom. The summed E-state index contributed by atoms with van der Waals surface area (Å²) in [7, 11) is -1.71. The van der Waals surface area contributed by atoms with E-state index < -0.39 is 71.8 Å². The van der Waals surface area contributed by atoms with Crippen LogP contribution in [-0.4, -0.2) is 71.0 Å². The quantitative estimate of drug-likeness (QED) is 0.110. The Morgan fingerprint density at radius 2 is 0.808 bits per heavy atom. The minimum Gasteiger partial charge on any atom is -0.459 e. The summed E-state index contributed by atoms with van der Waals surface area (Å²) in [4.78, 5) is 54.6. The molecular formula is C41H34O10S. The number of ether oxygens (including phenoxy) is 5. The molecule has 10 nitrogen and oxygen atoms in total. The normalized spacial score (nSPS) is 20.1. The molecule has 264 valence electrons. The number of rotatable bonds is 12. The van der Waals surface area contributed by atoms with Crippen LogP contribution in [0.5, 0.6) is 0 Å². The smallest absolute Gasteiger partial charge is 0.338 e. The largest absolute Gasteiger partial charge is 0.459 e. The Labute approximate surface area is 302 Å². The lowest BCUT2D eigenvalue weighted by Gasteiger charge is -2.44. The van der Waals surface area contributed by atoms with Gasteiger partial charge in [-0.1, -0.05) is 91.0 Å². The summed E-state index contributed by atoms with van der Waals surface area (Å²) in [6, 6.07) is 41.2. The van der Waals surface area contributed by atoms with E-state index in [1.807, 2.05) is 0 Å². The average molecular weight is 719 g/mol. The van der Waals surface area contributed by atoms with Crippen LogP contribution in [0.4, 0.5) is 0 Å². The van der Waals surface area contributed by atoms with Crippen LogP contribution >= 0.6 is 0 Å². The van der Waals surface area contributed by atoms with Crippen molar-refractivity contribution in [3.63, 3.8) is 0 Å². The molecule has 0 amide bonds. The molecule has 6 rings (SSSR count). The monoisotopic (exact) mass is 718 g/mol. The van der Waals surface area contributed by atoms with E-state index >= 15 is 0 Å². The molecule has 0 N–H and O–H groups in total. The Bertz CT molecular complexity index is 1980. The van der Waals surface area contributed by atoms with Gasteiger partial charge in [0.1, 0.15) is 18.8 Å². The van der Waals surface area contributed by atoms with Gasteiger partial charge in [0.05, 0.1) is 38.8 Å². The molecule has 52 heavy (non-hydrogen) atoms. The second-order valence-electron chi connectivity index (χ2n) is 11.7. The zero-order chi connectivity index (χ0) is 36.3. The molecular weight excluding hydrogens is 685 g/mol. The van der Waals surface area contributed by atoms with Gasteiger partial charge in [-0.25, -0.2) is 19.2 Å². The van der Waals surface area contributed by atoms with Crippen LogP contribution in [0.15, 0.2) is 157 Å². The van der Waals surface area contributed by atoms with Gasteiger partial charge in [-0.3, -0.25) is 4.21 Å². The van der Waals surface area contributed by atoms with Crippen LogP contribution in [0.2, 0.25) is 0 Å². The fourth-order valence-corrected chi connectivity index (χ4v) is 6.83. The maximum Gasteiger partial charge on any atom is 0.338 e.